The number of benzene rings is 1. The Morgan fingerprint density at radius 2 is 1.81 bits per heavy atom. The topological polar surface area (TPSA) is 15.3 Å². The Labute approximate surface area is 131 Å². The van der Waals surface area contributed by atoms with Crippen molar-refractivity contribution in [2.45, 2.75) is 72.5 Å². The number of unbranched alkanes of at least 4 members (excludes halogenated alkanes) is 2. The van der Waals surface area contributed by atoms with Gasteiger partial charge in [0, 0.05) is 19.1 Å². The SMILES string of the molecule is CCCCCN(Cc1cccc(CNCCC)c1)C(C)C. The summed E-state index contributed by atoms with van der Waals surface area (Å²) in [5.74, 6) is 0. The molecule has 0 aliphatic carbocycles. The molecule has 0 radical (unpaired) electrons. The van der Waals surface area contributed by atoms with Crippen LogP contribution < -0.4 is 5.32 Å². The summed E-state index contributed by atoms with van der Waals surface area (Å²) in [5.41, 5.74) is 2.84. The quantitative estimate of drug-likeness (QED) is 0.600. The van der Waals surface area contributed by atoms with E-state index in [1.807, 2.05) is 0 Å². The van der Waals surface area contributed by atoms with Crippen LogP contribution in [0.2, 0.25) is 0 Å². The van der Waals surface area contributed by atoms with Gasteiger partial charge < -0.3 is 5.32 Å². The minimum absolute atomic E-state index is 0.615. The van der Waals surface area contributed by atoms with Gasteiger partial charge in [0.15, 0.2) is 0 Å². The van der Waals surface area contributed by atoms with Crippen molar-refractivity contribution in [3.8, 4) is 0 Å². The van der Waals surface area contributed by atoms with E-state index in [1.54, 1.807) is 0 Å². The molecule has 120 valence electrons. The molecule has 0 saturated heterocycles. The largest absolute Gasteiger partial charge is 0.313 e. The van der Waals surface area contributed by atoms with Crippen molar-refractivity contribution in [2.24, 2.45) is 0 Å². The van der Waals surface area contributed by atoms with E-state index in [9.17, 15) is 0 Å². The Hall–Kier alpha value is -0.860. The van der Waals surface area contributed by atoms with Crippen LogP contribution in [0.3, 0.4) is 0 Å². The van der Waals surface area contributed by atoms with Crippen molar-refractivity contribution in [3.05, 3.63) is 35.4 Å². The van der Waals surface area contributed by atoms with E-state index in [0.29, 0.717) is 6.04 Å². The molecule has 0 heterocycles. The Bertz CT molecular complexity index is 374. The lowest BCUT2D eigenvalue weighted by atomic mass is 10.1. The van der Waals surface area contributed by atoms with Crippen LogP contribution in [0, 0.1) is 0 Å². The molecule has 0 atom stereocenters. The second-order valence-corrected chi connectivity index (χ2v) is 6.27. The predicted molar refractivity (Wildman–Crippen MR) is 93.5 cm³/mol. The first-order valence-corrected chi connectivity index (χ1v) is 8.70. The van der Waals surface area contributed by atoms with Crippen LogP contribution in [0.25, 0.3) is 0 Å². The lowest BCUT2D eigenvalue weighted by Gasteiger charge is -2.26. The maximum atomic E-state index is 3.48. The first kappa shape index (κ1) is 18.2. The number of hydrogen-bond donors (Lipinski definition) is 1. The van der Waals surface area contributed by atoms with E-state index >= 15 is 0 Å². The van der Waals surface area contributed by atoms with Gasteiger partial charge in [-0.1, -0.05) is 51.0 Å². The van der Waals surface area contributed by atoms with E-state index in [1.165, 1.54) is 43.4 Å². The third kappa shape index (κ3) is 7.63. The van der Waals surface area contributed by atoms with Gasteiger partial charge >= 0.3 is 0 Å². The minimum Gasteiger partial charge on any atom is -0.313 e. The molecule has 1 aromatic carbocycles. The summed E-state index contributed by atoms with van der Waals surface area (Å²) < 4.78 is 0. The lowest BCUT2D eigenvalue weighted by molar-refractivity contribution is 0.208. The smallest absolute Gasteiger partial charge is 0.0236 e. The third-order valence-corrected chi connectivity index (χ3v) is 3.91. The molecule has 1 aromatic rings. The van der Waals surface area contributed by atoms with Gasteiger partial charge in [0.05, 0.1) is 0 Å². The zero-order chi connectivity index (χ0) is 15.5. The van der Waals surface area contributed by atoms with E-state index in [4.69, 9.17) is 0 Å². The van der Waals surface area contributed by atoms with Gasteiger partial charge in [-0.25, -0.2) is 0 Å². The molecule has 0 bridgehead atoms. The summed E-state index contributed by atoms with van der Waals surface area (Å²) >= 11 is 0. The van der Waals surface area contributed by atoms with E-state index < -0.39 is 0 Å². The fourth-order valence-corrected chi connectivity index (χ4v) is 2.57. The van der Waals surface area contributed by atoms with E-state index in [0.717, 1.165) is 19.6 Å². The summed E-state index contributed by atoms with van der Waals surface area (Å²) in [7, 11) is 0. The number of nitrogens with zero attached hydrogens (tertiary/aromatic N) is 1. The van der Waals surface area contributed by atoms with Crippen molar-refractivity contribution in [3.63, 3.8) is 0 Å². The number of rotatable bonds is 11. The molecule has 0 aliphatic rings. The van der Waals surface area contributed by atoms with E-state index in [2.05, 4.69) is 62.2 Å². The van der Waals surface area contributed by atoms with Crippen molar-refractivity contribution >= 4 is 0 Å². The zero-order valence-electron chi connectivity index (χ0n) is 14.5. The highest BCUT2D eigenvalue weighted by atomic mass is 15.1. The number of hydrogen-bond acceptors (Lipinski definition) is 2. The average molecular weight is 290 g/mol. The van der Waals surface area contributed by atoms with Gasteiger partial charge in [-0.3, -0.25) is 4.90 Å². The van der Waals surface area contributed by atoms with Gasteiger partial charge in [0.25, 0.3) is 0 Å². The molecule has 0 amide bonds. The second-order valence-electron chi connectivity index (χ2n) is 6.27. The molecular weight excluding hydrogens is 256 g/mol. The van der Waals surface area contributed by atoms with Gasteiger partial charge in [-0.15, -0.1) is 0 Å². The second kappa shape index (κ2) is 10.8. The Morgan fingerprint density at radius 3 is 2.48 bits per heavy atom. The van der Waals surface area contributed by atoms with Crippen molar-refractivity contribution in [2.75, 3.05) is 13.1 Å². The van der Waals surface area contributed by atoms with Crippen LogP contribution in [0.15, 0.2) is 24.3 Å². The third-order valence-electron chi connectivity index (χ3n) is 3.91. The van der Waals surface area contributed by atoms with Crippen LogP contribution >= 0.6 is 0 Å². The maximum absolute atomic E-state index is 3.48. The molecule has 2 nitrogen and oxygen atoms in total. The fourth-order valence-electron chi connectivity index (χ4n) is 2.57. The molecule has 1 N–H and O–H groups in total. The van der Waals surface area contributed by atoms with Crippen LogP contribution in [-0.4, -0.2) is 24.0 Å². The molecule has 0 saturated carbocycles. The summed E-state index contributed by atoms with van der Waals surface area (Å²) in [6, 6.07) is 9.66. The van der Waals surface area contributed by atoms with Crippen LogP contribution in [-0.2, 0) is 13.1 Å². The maximum Gasteiger partial charge on any atom is 0.0236 e. The van der Waals surface area contributed by atoms with Gasteiger partial charge in [0.2, 0.25) is 0 Å². The molecular formula is C19H34N2. The van der Waals surface area contributed by atoms with Crippen LogP contribution in [0.1, 0.15) is 64.5 Å². The molecule has 0 aliphatic heterocycles. The molecule has 0 aromatic heterocycles. The van der Waals surface area contributed by atoms with Crippen molar-refractivity contribution in [1.29, 1.82) is 0 Å². The molecule has 21 heavy (non-hydrogen) atoms. The summed E-state index contributed by atoms with van der Waals surface area (Å²) in [4.78, 5) is 2.59. The molecule has 1 rings (SSSR count). The monoisotopic (exact) mass is 290 g/mol. The Balaban J connectivity index is 2.55. The highest BCUT2D eigenvalue weighted by Crippen LogP contribution is 2.12. The van der Waals surface area contributed by atoms with Crippen LogP contribution in [0.4, 0.5) is 0 Å². The predicted octanol–water partition coefficient (Wildman–Crippen LogP) is 4.59. The van der Waals surface area contributed by atoms with Gasteiger partial charge in [0.1, 0.15) is 0 Å². The summed E-state index contributed by atoms with van der Waals surface area (Å²) in [6.45, 7) is 13.5. The van der Waals surface area contributed by atoms with Gasteiger partial charge in [-0.05, 0) is 50.9 Å². The molecule has 0 fully saturated rings. The highest BCUT2D eigenvalue weighted by molar-refractivity contribution is 5.23. The first-order chi connectivity index (χ1) is 10.2. The minimum atomic E-state index is 0.615. The van der Waals surface area contributed by atoms with Gasteiger partial charge in [-0.2, -0.15) is 0 Å². The zero-order valence-corrected chi connectivity index (χ0v) is 14.5. The molecule has 2 heteroatoms. The lowest BCUT2D eigenvalue weighted by Crippen LogP contribution is -2.31. The number of nitrogens with one attached hydrogen (secondary N) is 1. The summed E-state index contributed by atoms with van der Waals surface area (Å²) in [6.07, 6.45) is 5.14. The van der Waals surface area contributed by atoms with E-state index in [-0.39, 0.29) is 0 Å². The van der Waals surface area contributed by atoms with Crippen molar-refractivity contribution < 1.29 is 0 Å². The molecule has 0 unspecified atom stereocenters. The average Bonchev–Trinajstić information content (AvgIpc) is 2.47. The highest BCUT2D eigenvalue weighted by Gasteiger charge is 2.09. The Kier molecular flexibility index (Phi) is 9.36. The Morgan fingerprint density at radius 1 is 1.05 bits per heavy atom. The molecule has 0 spiro atoms. The van der Waals surface area contributed by atoms with Crippen LogP contribution in [0.5, 0.6) is 0 Å². The standard InChI is InChI=1S/C19H34N2/c1-5-7-8-13-21(17(3)4)16-19-11-9-10-18(14-19)15-20-12-6-2/h9-11,14,17,20H,5-8,12-13,15-16H2,1-4H3. The normalized spacial score (nSPS) is 11.5. The first-order valence-electron chi connectivity index (χ1n) is 8.70. The summed E-state index contributed by atoms with van der Waals surface area (Å²) in [5, 5.41) is 3.48. The van der Waals surface area contributed by atoms with Crippen molar-refractivity contribution in [1.82, 2.24) is 10.2 Å². The fraction of sp³-hybridized carbons (Fsp3) is 0.684.